The first-order valence-corrected chi connectivity index (χ1v) is 5.17. The number of hydrogen-bond donors (Lipinski definition) is 0. The predicted molar refractivity (Wildman–Crippen MR) is 55.1 cm³/mol. The summed E-state index contributed by atoms with van der Waals surface area (Å²) in [5, 5.41) is 0. The summed E-state index contributed by atoms with van der Waals surface area (Å²) >= 11 is 0. The van der Waals surface area contributed by atoms with Crippen LogP contribution in [-0.4, -0.2) is 36.1 Å². The van der Waals surface area contributed by atoms with Crippen molar-refractivity contribution in [1.82, 2.24) is 4.90 Å². The molecule has 1 aliphatic rings. The van der Waals surface area contributed by atoms with Crippen LogP contribution in [0.4, 0.5) is 0 Å². The van der Waals surface area contributed by atoms with Gasteiger partial charge in [0.15, 0.2) is 5.78 Å². The Morgan fingerprint density at radius 3 is 2.21 bits per heavy atom. The molecule has 0 aromatic carbocycles. The fourth-order valence-electron chi connectivity index (χ4n) is 1.40. The first-order valence-electron chi connectivity index (χ1n) is 5.17. The Kier molecular flexibility index (Phi) is 3.43. The van der Waals surface area contributed by atoms with Crippen LogP contribution in [-0.2, 0) is 9.59 Å². The third kappa shape index (κ3) is 3.22. The molecule has 1 aliphatic heterocycles. The lowest BCUT2D eigenvalue weighted by atomic mass is 9.90. The van der Waals surface area contributed by atoms with Gasteiger partial charge in [-0.1, -0.05) is 20.8 Å². The van der Waals surface area contributed by atoms with Crippen molar-refractivity contribution in [2.24, 2.45) is 5.41 Å². The quantitative estimate of drug-likeness (QED) is 0.669. The summed E-state index contributed by atoms with van der Waals surface area (Å²) in [7, 11) is 0. The van der Waals surface area contributed by atoms with E-state index in [1.807, 2.05) is 20.8 Å². The van der Waals surface area contributed by atoms with E-state index in [1.165, 1.54) is 0 Å². The lowest BCUT2D eigenvalue weighted by Gasteiger charge is -2.28. The number of ketones is 2. The van der Waals surface area contributed by atoms with Gasteiger partial charge in [-0.2, -0.15) is 0 Å². The average molecular weight is 197 g/mol. The maximum atomic E-state index is 11.7. The Morgan fingerprint density at radius 1 is 1.29 bits per heavy atom. The van der Waals surface area contributed by atoms with Crippen LogP contribution in [0.25, 0.3) is 0 Å². The second-order valence-corrected chi connectivity index (χ2v) is 4.99. The smallest absolute Gasteiger partial charge is 0.152 e. The fourth-order valence-corrected chi connectivity index (χ4v) is 1.40. The zero-order valence-electron chi connectivity index (χ0n) is 9.30. The van der Waals surface area contributed by atoms with Crippen LogP contribution >= 0.6 is 0 Å². The lowest BCUT2D eigenvalue weighted by molar-refractivity contribution is -0.129. The van der Waals surface area contributed by atoms with Gasteiger partial charge in [0, 0.05) is 31.3 Å². The summed E-state index contributed by atoms with van der Waals surface area (Å²) in [6.07, 6.45) is 1.22. The van der Waals surface area contributed by atoms with Gasteiger partial charge in [0.25, 0.3) is 0 Å². The highest BCUT2D eigenvalue weighted by Gasteiger charge is 2.25. The Labute approximate surface area is 85.5 Å². The Hall–Kier alpha value is -0.700. The summed E-state index contributed by atoms with van der Waals surface area (Å²) in [4.78, 5) is 24.7. The molecule has 80 valence electrons. The zero-order valence-corrected chi connectivity index (χ0v) is 9.30. The Morgan fingerprint density at radius 2 is 1.79 bits per heavy atom. The van der Waals surface area contributed by atoms with E-state index in [0.717, 1.165) is 13.1 Å². The molecule has 0 unspecified atom stereocenters. The van der Waals surface area contributed by atoms with Crippen molar-refractivity contribution < 1.29 is 9.59 Å². The van der Waals surface area contributed by atoms with Crippen molar-refractivity contribution in [2.75, 3.05) is 19.6 Å². The van der Waals surface area contributed by atoms with E-state index in [-0.39, 0.29) is 11.2 Å². The molecule has 3 nitrogen and oxygen atoms in total. The number of nitrogens with zero attached hydrogens (tertiary/aromatic N) is 1. The number of carbonyl (C=O) groups is 2. The second-order valence-electron chi connectivity index (χ2n) is 4.99. The van der Waals surface area contributed by atoms with Crippen LogP contribution in [0.5, 0.6) is 0 Å². The van der Waals surface area contributed by atoms with Gasteiger partial charge in [-0.05, 0) is 0 Å². The molecule has 1 heterocycles. The van der Waals surface area contributed by atoms with Gasteiger partial charge < -0.3 is 0 Å². The molecule has 0 aromatic rings. The SMILES string of the molecule is CC(C)(C)C(=O)CN1CCC(=O)CC1. The van der Waals surface area contributed by atoms with Gasteiger partial charge in [0.2, 0.25) is 0 Å². The van der Waals surface area contributed by atoms with Crippen molar-refractivity contribution in [3.8, 4) is 0 Å². The first-order chi connectivity index (χ1) is 6.39. The molecule has 14 heavy (non-hydrogen) atoms. The number of rotatable bonds is 2. The van der Waals surface area contributed by atoms with Gasteiger partial charge in [0.05, 0.1) is 6.54 Å². The second kappa shape index (κ2) is 4.22. The summed E-state index contributed by atoms with van der Waals surface area (Å²) in [5.41, 5.74) is -0.262. The molecule has 0 N–H and O–H groups in total. The standard InChI is InChI=1S/C11H19NO2/c1-11(2,3)10(14)8-12-6-4-9(13)5-7-12/h4-8H2,1-3H3. The van der Waals surface area contributed by atoms with E-state index in [9.17, 15) is 9.59 Å². The summed E-state index contributed by atoms with van der Waals surface area (Å²) in [6.45, 7) is 7.80. The number of carbonyl (C=O) groups excluding carboxylic acids is 2. The largest absolute Gasteiger partial charge is 0.300 e. The van der Waals surface area contributed by atoms with E-state index in [1.54, 1.807) is 0 Å². The fraction of sp³-hybridized carbons (Fsp3) is 0.818. The number of piperidine rings is 1. The molecule has 0 aliphatic carbocycles. The molecule has 0 bridgehead atoms. The van der Waals surface area contributed by atoms with E-state index in [4.69, 9.17) is 0 Å². The topological polar surface area (TPSA) is 37.4 Å². The van der Waals surface area contributed by atoms with Crippen LogP contribution in [0.3, 0.4) is 0 Å². The molecule has 1 fully saturated rings. The van der Waals surface area contributed by atoms with Gasteiger partial charge in [-0.25, -0.2) is 0 Å². The Balaban J connectivity index is 2.38. The summed E-state index contributed by atoms with van der Waals surface area (Å²) < 4.78 is 0. The van der Waals surface area contributed by atoms with Crippen LogP contribution < -0.4 is 0 Å². The van der Waals surface area contributed by atoms with Crippen LogP contribution in [0, 0.1) is 5.41 Å². The molecule has 0 saturated carbocycles. The van der Waals surface area contributed by atoms with Crippen molar-refractivity contribution in [3.05, 3.63) is 0 Å². The Bertz CT molecular complexity index is 230. The van der Waals surface area contributed by atoms with E-state index < -0.39 is 0 Å². The molecule has 3 heteroatoms. The normalized spacial score (nSPS) is 19.8. The highest BCUT2D eigenvalue weighted by Crippen LogP contribution is 2.16. The highest BCUT2D eigenvalue weighted by atomic mass is 16.1. The van der Waals surface area contributed by atoms with Crippen molar-refractivity contribution in [3.63, 3.8) is 0 Å². The highest BCUT2D eigenvalue weighted by molar-refractivity contribution is 5.86. The van der Waals surface area contributed by atoms with Crippen LogP contribution in [0.1, 0.15) is 33.6 Å². The van der Waals surface area contributed by atoms with Gasteiger partial charge in [0.1, 0.15) is 5.78 Å². The molecular formula is C11H19NO2. The molecule has 0 spiro atoms. The molecule has 0 aromatic heterocycles. The van der Waals surface area contributed by atoms with Gasteiger partial charge in [-0.3, -0.25) is 14.5 Å². The third-order valence-corrected chi connectivity index (χ3v) is 2.62. The molecule has 0 radical (unpaired) electrons. The zero-order chi connectivity index (χ0) is 10.8. The molecule has 0 amide bonds. The number of likely N-dealkylation sites (tertiary alicyclic amines) is 1. The van der Waals surface area contributed by atoms with Gasteiger partial charge in [-0.15, -0.1) is 0 Å². The summed E-state index contributed by atoms with van der Waals surface area (Å²) in [6, 6.07) is 0. The minimum atomic E-state index is -0.262. The maximum Gasteiger partial charge on any atom is 0.152 e. The van der Waals surface area contributed by atoms with E-state index >= 15 is 0 Å². The van der Waals surface area contributed by atoms with Crippen molar-refractivity contribution in [2.45, 2.75) is 33.6 Å². The van der Waals surface area contributed by atoms with Crippen molar-refractivity contribution in [1.29, 1.82) is 0 Å². The number of hydrogen-bond acceptors (Lipinski definition) is 3. The third-order valence-electron chi connectivity index (χ3n) is 2.62. The minimum absolute atomic E-state index is 0.256. The van der Waals surface area contributed by atoms with E-state index in [2.05, 4.69) is 4.90 Å². The minimum Gasteiger partial charge on any atom is -0.300 e. The van der Waals surface area contributed by atoms with Gasteiger partial charge >= 0.3 is 0 Å². The molecule has 0 atom stereocenters. The number of Topliss-reactive ketones (excluding diaryl/α,β-unsaturated/α-hetero) is 2. The van der Waals surface area contributed by atoms with Crippen LogP contribution in [0.15, 0.2) is 0 Å². The van der Waals surface area contributed by atoms with Crippen molar-refractivity contribution >= 4 is 11.6 Å². The molecule has 1 rings (SSSR count). The molecular weight excluding hydrogens is 178 g/mol. The predicted octanol–water partition coefficient (Wildman–Crippen LogP) is 1.27. The molecule has 1 saturated heterocycles. The lowest BCUT2D eigenvalue weighted by Crippen LogP contribution is -2.40. The van der Waals surface area contributed by atoms with E-state index in [0.29, 0.717) is 25.2 Å². The van der Waals surface area contributed by atoms with Crippen LogP contribution in [0.2, 0.25) is 0 Å². The first kappa shape index (κ1) is 11.4. The maximum absolute atomic E-state index is 11.7. The average Bonchev–Trinajstić information content (AvgIpc) is 2.07. The summed E-state index contributed by atoms with van der Waals surface area (Å²) in [5.74, 6) is 0.580. The monoisotopic (exact) mass is 197 g/mol.